The van der Waals surface area contributed by atoms with Crippen LogP contribution in [-0.2, 0) is 9.47 Å². The van der Waals surface area contributed by atoms with Crippen LogP contribution in [0.1, 0.15) is 54.4 Å². The maximum atomic E-state index is 11.5. The Morgan fingerprint density at radius 3 is 1.69 bits per heavy atom. The standard InChI is InChI=1S/C13H26O3/c1-7-11(8-2)15-13(14)16-12(9(3)4)10(5)6/h9-12H,7-8H2,1-6H3. The fourth-order valence-corrected chi connectivity index (χ4v) is 1.77. The highest BCUT2D eigenvalue weighted by Crippen LogP contribution is 2.17. The van der Waals surface area contributed by atoms with Gasteiger partial charge in [-0.2, -0.15) is 0 Å². The first kappa shape index (κ1) is 15.3. The Bertz CT molecular complexity index is 187. The second-order valence-electron chi connectivity index (χ2n) is 4.88. The van der Waals surface area contributed by atoms with Crippen molar-refractivity contribution in [1.82, 2.24) is 0 Å². The summed E-state index contributed by atoms with van der Waals surface area (Å²) in [5, 5.41) is 0. The maximum absolute atomic E-state index is 11.5. The molecule has 0 spiro atoms. The highest BCUT2D eigenvalue weighted by molar-refractivity contribution is 5.60. The lowest BCUT2D eigenvalue weighted by atomic mass is 9.96. The van der Waals surface area contributed by atoms with E-state index in [0.717, 1.165) is 12.8 Å². The number of rotatable bonds is 6. The Morgan fingerprint density at radius 1 is 0.938 bits per heavy atom. The largest absolute Gasteiger partial charge is 0.508 e. The molecule has 96 valence electrons. The second kappa shape index (κ2) is 7.53. The second-order valence-corrected chi connectivity index (χ2v) is 4.88. The molecule has 0 bridgehead atoms. The van der Waals surface area contributed by atoms with Crippen molar-refractivity contribution in [3.05, 3.63) is 0 Å². The molecular formula is C13H26O3. The summed E-state index contributed by atoms with van der Waals surface area (Å²) in [7, 11) is 0. The molecule has 3 nitrogen and oxygen atoms in total. The average Bonchev–Trinajstić information content (AvgIpc) is 2.21. The predicted molar refractivity (Wildman–Crippen MR) is 65.4 cm³/mol. The fourth-order valence-electron chi connectivity index (χ4n) is 1.77. The van der Waals surface area contributed by atoms with E-state index < -0.39 is 6.16 Å². The summed E-state index contributed by atoms with van der Waals surface area (Å²) < 4.78 is 10.6. The van der Waals surface area contributed by atoms with Crippen LogP contribution in [0.5, 0.6) is 0 Å². The molecule has 0 aliphatic rings. The molecule has 0 aliphatic carbocycles. The van der Waals surface area contributed by atoms with Crippen molar-refractivity contribution in [2.24, 2.45) is 11.8 Å². The van der Waals surface area contributed by atoms with E-state index in [4.69, 9.17) is 9.47 Å². The van der Waals surface area contributed by atoms with Gasteiger partial charge in [0.25, 0.3) is 0 Å². The first-order chi connectivity index (χ1) is 7.42. The van der Waals surface area contributed by atoms with Crippen molar-refractivity contribution < 1.29 is 14.3 Å². The topological polar surface area (TPSA) is 35.5 Å². The lowest BCUT2D eigenvalue weighted by molar-refractivity contribution is -0.0298. The molecular weight excluding hydrogens is 204 g/mol. The summed E-state index contributed by atoms with van der Waals surface area (Å²) in [4.78, 5) is 11.5. The van der Waals surface area contributed by atoms with Crippen molar-refractivity contribution in [1.29, 1.82) is 0 Å². The van der Waals surface area contributed by atoms with Gasteiger partial charge in [-0.15, -0.1) is 0 Å². The van der Waals surface area contributed by atoms with Crippen molar-refractivity contribution >= 4 is 6.16 Å². The Labute approximate surface area is 99.5 Å². The van der Waals surface area contributed by atoms with Crippen LogP contribution in [0, 0.1) is 11.8 Å². The quantitative estimate of drug-likeness (QED) is 0.647. The molecule has 0 amide bonds. The van der Waals surface area contributed by atoms with E-state index in [1.807, 2.05) is 13.8 Å². The van der Waals surface area contributed by atoms with Gasteiger partial charge in [0.2, 0.25) is 0 Å². The molecule has 0 fully saturated rings. The zero-order chi connectivity index (χ0) is 12.7. The summed E-state index contributed by atoms with van der Waals surface area (Å²) in [6.45, 7) is 12.2. The van der Waals surface area contributed by atoms with Crippen LogP contribution >= 0.6 is 0 Å². The molecule has 0 N–H and O–H groups in total. The zero-order valence-corrected chi connectivity index (χ0v) is 11.4. The molecule has 0 unspecified atom stereocenters. The molecule has 16 heavy (non-hydrogen) atoms. The molecule has 0 rings (SSSR count). The van der Waals surface area contributed by atoms with Crippen LogP contribution in [-0.4, -0.2) is 18.4 Å². The van der Waals surface area contributed by atoms with Crippen LogP contribution in [0.2, 0.25) is 0 Å². The van der Waals surface area contributed by atoms with Gasteiger partial charge < -0.3 is 9.47 Å². The number of ether oxygens (including phenoxy) is 2. The van der Waals surface area contributed by atoms with Crippen LogP contribution < -0.4 is 0 Å². The van der Waals surface area contributed by atoms with E-state index in [2.05, 4.69) is 27.7 Å². The van der Waals surface area contributed by atoms with Gasteiger partial charge in [0, 0.05) is 0 Å². The molecule has 0 heterocycles. The third-order valence-corrected chi connectivity index (χ3v) is 2.72. The summed E-state index contributed by atoms with van der Waals surface area (Å²) in [5.41, 5.74) is 0. The average molecular weight is 230 g/mol. The molecule has 0 radical (unpaired) electrons. The van der Waals surface area contributed by atoms with Crippen LogP contribution in [0.4, 0.5) is 4.79 Å². The Balaban J connectivity index is 4.19. The summed E-state index contributed by atoms with van der Waals surface area (Å²) >= 11 is 0. The first-order valence-electron chi connectivity index (χ1n) is 6.29. The number of hydrogen-bond acceptors (Lipinski definition) is 3. The van der Waals surface area contributed by atoms with E-state index in [1.165, 1.54) is 0 Å². The smallest absolute Gasteiger partial charge is 0.431 e. The molecule has 0 aliphatic heterocycles. The monoisotopic (exact) mass is 230 g/mol. The molecule has 0 aromatic carbocycles. The van der Waals surface area contributed by atoms with E-state index >= 15 is 0 Å². The van der Waals surface area contributed by atoms with Gasteiger partial charge in [-0.1, -0.05) is 41.5 Å². The number of carbonyl (C=O) groups excluding carboxylic acids is 1. The molecule has 0 saturated carbocycles. The van der Waals surface area contributed by atoms with Gasteiger partial charge in [-0.05, 0) is 24.7 Å². The zero-order valence-electron chi connectivity index (χ0n) is 11.4. The van der Waals surface area contributed by atoms with Gasteiger partial charge in [0.1, 0.15) is 12.2 Å². The Hall–Kier alpha value is -0.730. The predicted octanol–water partition coefficient (Wildman–Crippen LogP) is 4.01. The van der Waals surface area contributed by atoms with Gasteiger partial charge in [0.05, 0.1) is 0 Å². The van der Waals surface area contributed by atoms with Gasteiger partial charge in [-0.25, -0.2) is 4.79 Å². The van der Waals surface area contributed by atoms with Crippen LogP contribution in [0.3, 0.4) is 0 Å². The minimum Gasteiger partial charge on any atom is -0.431 e. The van der Waals surface area contributed by atoms with E-state index in [1.54, 1.807) is 0 Å². The number of carbonyl (C=O) groups is 1. The van der Waals surface area contributed by atoms with Gasteiger partial charge in [0.15, 0.2) is 0 Å². The molecule has 3 heteroatoms. The normalized spacial score (nSPS) is 11.6. The summed E-state index contributed by atoms with van der Waals surface area (Å²) in [5.74, 6) is 0.628. The van der Waals surface area contributed by atoms with Crippen molar-refractivity contribution in [3.8, 4) is 0 Å². The Kier molecular flexibility index (Phi) is 7.18. The Morgan fingerprint density at radius 2 is 1.38 bits per heavy atom. The van der Waals surface area contributed by atoms with Crippen molar-refractivity contribution in [2.75, 3.05) is 0 Å². The van der Waals surface area contributed by atoms with Crippen LogP contribution in [0.15, 0.2) is 0 Å². The first-order valence-corrected chi connectivity index (χ1v) is 6.29. The minimum absolute atomic E-state index is 0.0209. The van der Waals surface area contributed by atoms with Crippen molar-refractivity contribution in [2.45, 2.75) is 66.6 Å². The summed E-state index contributed by atoms with van der Waals surface area (Å²) in [6, 6.07) is 0. The summed E-state index contributed by atoms with van der Waals surface area (Å²) in [6.07, 6.45) is 1.05. The van der Waals surface area contributed by atoms with Crippen LogP contribution in [0.25, 0.3) is 0 Å². The number of hydrogen-bond donors (Lipinski definition) is 0. The molecule has 0 saturated heterocycles. The minimum atomic E-state index is -0.527. The lowest BCUT2D eigenvalue weighted by Crippen LogP contribution is -2.30. The molecule has 0 aromatic rings. The van der Waals surface area contributed by atoms with E-state index in [-0.39, 0.29) is 12.2 Å². The highest BCUT2D eigenvalue weighted by atomic mass is 16.7. The third-order valence-electron chi connectivity index (χ3n) is 2.72. The van der Waals surface area contributed by atoms with Gasteiger partial charge >= 0.3 is 6.16 Å². The SMILES string of the molecule is CCC(CC)OC(=O)OC(C(C)C)C(C)C. The van der Waals surface area contributed by atoms with Gasteiger partial charge in [-0.3, -0.25) is 0 Å². The molecule has 0 atom stereocenters. The molecule has 0 aromatic heterocycles. The lowest BCUT2D eigenvalue weighted by Gasteiger charge is -2.25. The van der Waals surface area contributed by atoms with Crippen molar-refractivity contribution in [3.63, 3.8) is 0 Å². The third kappa shape index (κ3) is 5.38. The van der Waals surface area contributed by atoms with E-state index in [9.17, 15) is 4.79 Å². The van der Waals surface area contributed by atoms with E-state index in [0.29, 0.717) is 11.8 Å². The maximum Gasteiger partial charge on any atom is 0.508 e. The fraction of sp³-hybridized carbons (Fsp3) is 0.923. The highest BCUT2D eigenvalue weighted by Gasteiger charge is 2.23.